The smallest absolute Gasteiger partial charge is 0.111 e. The van der Waals surface area contributed by atoms with Gasteiger partial charge in [-0.25, -0.2) is 4.98 Å². The topological polar surface area (TPSA) is 43.8 Å². The van der Waals surface area contributed by atoms with Gasteiger partial charge in [0.15, 0.2) is 0 Å². The standard InChI is InChI=1S/C18H21N3/c1-13-7-8-15(11-14(13)2)12-21-17-6-4-3-5-16(17)20-18(21)9-10-19/h3-8,11H,9-10,12,19H2,1-2H3. The summed E-state index contributed by atoms with van der Waals surface area (Å²) in [4.78, 5) is 4.72. The lowest BCUT2D eigenvalue weighted by molar-refractivity contribution is 0.734. The van der Waals surface area contributed by atoms with Gasteiger partial charge in [0, 0.05) is 13.0 Å². The summed E-state index contributed by atoms with van der Waals surface area (Å²) < 4.78 is 2.28. The van der Waals surface area contributed by atoms with Crippen molar-refractivity contribution in [1.82, 2.24) is 9.55 Å². The third-order valence-corrected chi connectivity index (χ3v) is 4.01. The fourth-order valence-electron chi connectivity index (χ4n) is 2.71. The van der Waals surface area contributed by atoms with Crippen molar-refractivity contribution in [2.24, 2.45) is 5.73 Å². The van der Waals surface area contributed by atoms with E-state index in [9.17, 15) is 0 Å². The van der Waals surface area contributed by atoms with Gasteiger partial charge in [0.1, 0.15) is 5.82 Å². The van der Waals surface area contributed by atoms with Crippen molar-refractivity contribution >= 4 is 11.0 Å². The van der Waals surface area contributed by atoms with Gasteiger partial charge in [-0.1, -0.05) is 30.3 Å². The summed E-state index contributed by atoms with van der Waals surface area (Å²) in [5, 5.41) is 0. The quantitative estimate of drug-likeness (QED) is 0.797. The van der Waals surface area contributed by atoms with E-state index in [1.807, 2.05) is 6.07 Å². The molecule has 2 N–H and O–H groups in total. The SMILES string of the molecule is Cc1ccc(Cn2c(CCN)nc3ccccc32)cc1C. The molecule has 0 fully saturated rings. The minimum atomic E-state index is 0.621. The number of aromatic nitrogens is 2. The summed E-state index contributed by atoms with van der Waals surface area (Å²) in [5.41, 5.74) is 11.9. The molecule has 108 valence electrons. The summed E-state index contributed by atoms with van der Waals surface area (Å²) in [6.07, 6.45) is 0.805. The molecule has 0 unspecified atom stereocenters. The van der Waals surface area contributed by atoms with E-state index in [2.05, 4.69) is 54.8 Å². The van der Waals surface area contributed by atoms with Gasteiger partial charge in [-0.15, -0.1) is 0 Å². The Kier molecular flexibility index (Phi) is 3.76. The highest BCUT2D eigenvalue weighted by molar-refractivity contribution is 5.76. The van der Waals surface area contributed by atoms with Crippen molar-refractivity contribution in [1.29, 1.82) is 0 Å². The van der Waals surface area contributed by atoms with Crippen molar-refractivity contribution in [2.75, 3.05) is 6.54 Å². The Morgan fingerprint density at radius 3 is 2.62 bits per heavy atom. The molecule has 0 amide bonds. The average molecular weight is 279 g/mol. The van der Waals surface area contributed by atoms with Gasteiger partial charge in [-0.2, -0.15) is 0 Å². The van der Waals surface area contributed by atoms with Crippen LogP contribution in [0.4, 0.5) is 0 Å². The molecular formula is C18H21N3. The molecule has 0 saturated carbocycles. The largest absolute Gasteiger partial charge is 0.330 e. The lowest BCUT2D eigenvalue weighted by Gasteiger charge is -2.10. The lowest BCUT2D eigenvalue weighted by atomic mass is 10.1. The first-order chi connectivity index (χ1) is 10.2. The Balaban J connectivity index is 2.05. The van der Waals surface area contributed by atoms with Crippen LogP contribution in [0, 0.1) is 13.8 Å². The van der Waals surface area contributed by atoms with Crippen molar-refractivity contribution < 1.29 is 0 Å². The monoisotopic (exact) mass is 279 g/mol. The second-order valence-electron chi connectivity index (χ2n) is 5.56. The number of para-hydroxylation sites is 2. The molecule has 2 aromatic carbocycles. The molecular weight excluding hydrogens is 258 g/mol. The maximum atomic E-state index is 5.74. The van der Waals surface area contributed by atoms with E-state index < -0.39 is 0 Å². The first-order valence-electron chi connectivity index (χ1n) is 7.39. The molecule has 0 bridgehead atoms. The Bertz CT molecular complexity index is 771. The third kappa shape index (κ3) is 2.69. The normalized spacial score (nSPS) is 11.2. The number of imidazole rings is 1. The van der Waals surface area contributed by atoms with Crippen molar-refractivity contribution in [3.8, 4) is 0 Å². The van der Waals surface area contributed by atoms with Crippen LogP contribution in [0.1, 0.15) is 22.5 Å². The van der Waals surface area contributed by atoms with Crippen LogP contribution in [0.5, 0.6) is 0 Å². The van der Waals surface area contributed by atoms with E-state index in [1.165, 1.54) is 22.2 Å². The van der Waals surface area contributed by atoms with Crippen LogP contribution in [0.15, 0.2) is 42.5 Å². The second kappa shape index (κ2) is 5.70. The molecule has 21 heavy (non-hydrogen) atoms. The highest BCUT2D eigenvalue weighted by atomic mass is 15.1. The minimum absolute atomic E-state index is 0.621. The Labute approximate surface area is 125 Å². The van der Waals surface area contributed by atoms with Gasteiger partial charge in [-0.3, -0.25) is 0 Å². The summed E-state index contributed by atoms with van der Waals surface area (Å²) in [5.74, 6) is 1.07. The van der Waals surface area contributed by atoms with E-state index in [1.54, 1.807) is 0 Å². The summed E-state index contributed by atoms with van der Waals surface area (Å²) in [6, 6.07) is 14.9. The molecule has 0 aliphatic carbocycles. The molecule has 0 radical (unpaired) electrons. The lowest BCUT2D eigenvalue weighted by Crippen LogP contribution is -2.11. The number of aryl methyl sites for hydroxylation is 2. The van der Waals surface area contributed by atoms with E-state index >= 15 is 0 Å². The van der Waals surface area contributed by atoms with Crippen LogP contribution in [0.3, 0.4) is 0 Å². The molecule has 3 heteroatoms. The van der Waals surface area contributed by atoms with Gasteiger partial charge in [0.05, 0.1) is 11.0 Å². The molecule has 0 spiro atoms. The van der Waals surface area contributed by atoms with Gasteiger partial charge in [-0.05, 0) is 49.2 Å². The van der Waals surface area contributed by atoms with E-state index in [-0.39, 0.29) is 0 Å². The van der Waals surface area contributed by atoms with Crippen LogP contribution in [-0.4, -0.2) is 16.1 Å². The van der Waals surface area contributed by atoms with Crippen LogP contribution in [0.25, 0.3) is 11.0 Å². The van der Waals surface area contributed by atoms with Crippen molar-refractivity contribution in [3.05, 3.63) is 65.0 Å². The number of nitrogens with two attached hydrogens (primary N) is 1. The maximum absolute atomic E-state index is 5.74. The fraction of sp³-hybridized carbons (Fsp3) is 0.278. The Hall–Kier alpha value is -2.13. The number of benzene rings is 2. The molecule has 0 atom stereocenters. The summed E-state index contributed by atoms with van der Waals surface area (Å²) in [7, 11) is 0. The zero-order valence-corrected chi connectivity index (χ0v) is 12.6. The van der Waals surface area contributed by atoms with Gasteiger partial charge >= 0.3 is 0 Å². The first-order valence-corrected chi connectivity index (χ1v) is 7.39. The number of hydrogen-bond acceptors (Lipinski definition) is 2. The molecule has 0 aliphatic heterocycles. The van der Waals surface area contributed by atoms with Crippen molar-refractivity contribution in [2.45, 2.75) is 26.8 Å². The fourth-order valence-corrected chi connectivity index (χ4v) is 2.71. The molecule has 0 saturated heterocycles. The average Bonchev–Trinajstić information content (AvgIpc) is 2.81. The van der Waals surface area contributed by atoms with Crippen LogP contribution in [0.2, 0.25) is 0 Å². The highest BCUT2D eigenvalue weighted by Crippen LogP contribution is 2.19. The molecule has 1 aromatic heterocycles. The highest BCUT2D eigenvalue weighted by Gasteiger charge is 2.10. The molecule has 3 nitrogen and oxygen atoms in total. The maximum Gasteiger partial charge on any atom is 0.111 e. The van der Waals surface area contributed by atoms with Crippen molar-refractivity contribution in [3.63, 3.8) is 0 Å². The van der Waals surface area contributed by atoms with Crippen LogP contribution < -0.4 is 5.73 Å². The number of nitrogens with zero attached hydrogens (tertiary/aromatic N) is 2. The summed E-state index contributed by atoms with van der Waals surface area (Å²) >= 11 is 0. The number of hydrogen-bond donors (Lipinski definition) is 1. The summed E-state index contributed by atoms with van der Waals surface area (Å²) in [6.45, 7) is 5.77. The molecule has 3 rings (SSSR count). The molecule has 3 aromatic rings. The van der Waals surface area contributed by atoms with E-state index in [0.29, 0.717) is 6.54 Å². The minimum Gasteiger partial charge on any atom is -0.330 e. The zero-order valence-electron chi connectivity index (χ0n) is 12.6. The van der Waals surface area contributed by atoms with Crippen LogP contribution >= 0.6 is 0 Å². The predicted molar refractivity (Wildman–Crippen MR) is 87.5 cm³/mol. The Morgan fingerprint density at radius 1 is 1.05 bits per heavy atom. The third-order valence-electron chi connectivity index (χ3n) is 4.01. The van der Waals surface area contributed by atoms with E-state index in [4.69, 9.17) is 10.7 Å². The first kappa shape index (κ1) is 13.8. The predicted octanol–water partition coefficient (Wildman–Crippen LogP) is 3.20. The second-order valence-corrected chi connectivity index (χ2v) is 5.56. The van der Waals surface area contributed by atoms with Gasteiger partial charge in [0.25, 0.3) is 0 Å². The molecule has 0 aliphatic rings. The zero-order chi connectivity index (χ0) is 14.8. The van der Waals surface area contributed by atoms with Gasteiger partial charge in [0.2, 0.25) is 0 Å². The number of fused-ring (bicyclic) bond motifs is 1. The Morgan fingerprint density at radius 2 is 1.86 bits per heavy atom. The van der Waals surface area contributed by atoms with Gasteiger partial charge < -0.3 is 10.3 Å². The van der Waals surface area contributed by atoms with E-state index in [0.717, 1.165) is 24.3 Å². The molecule has 1 heterocycles. The van der Waals surface area contributed by atoms with Crippen LogP contribution in [-0.2, 0) is 13.0 Å². The number of rotatable bonds is 4.